The first-order valence-corrected chi connectivity index (χ1v) is 9.98. The lowest BCUT2D eigenvalue weighted by atomic mass is 10.1. The monoisotopic (exact) mass is 398 g/mol. The number of nitrogens with zero attached hydrogens (tertiary/aromatic N) is 2. The van der Waals surface area contributed by atoms with Crippen molar-refractivity contribution in [2.75, 3.05) is 20.7 Å². The third-order valence-electron chi connectivity index (χ3n) is 4.27. The van der Waals surface area contributed by atoms with Crippen LogP contribution in [0.1, 0.15) is 30.0 Å². The number of hydrogen-bond donors (Lipinski definition) is 1. The molecule has 1 saturated heterocycles. The van der Waals surface area contributed by atoms with E-state index in [1.165, 1.54) is 30.5 Å². The van der Waals surface area contributed by atoms with E-state index < -0.39 is 10.1 Å². The molecule has 0 saturated carbocycles. The Labute approximate surface area is 159 Å². The van der Waals surface area contributed by atoms with Crippen LogP contribution in [0.5, 0.6) is 5.75 Å². The molecule has 1 aliphatic rings. The van der Waals surface area contributed by atoms with Gasteiger partial charge in [-0.25, -0.2) is 4.98 Å². The highest BCUT2D eigenvalue weighted by Gasteiger charge is 2.23. The third kappa shape index (κ3) is 5.41. The standard InChI is InChI=1S/C11H15ClN2O.C7H8O3S/c1-14-5-3-4-9(14)8-6-10(15-2)11(12)13-7-8;1-6-2-4-7(5-3-6)11(8,9)10/h6-7,9H,3-5H2,1-2H3;2-5H,1H3,(H,8,9,10). The molecule has 2 aromatic rings. The maximum Gasteiger partial charge on any atom is 0.294 e. The van der Waals surface area contributed by atoms with E-state index in [0.29, 0.717) is 16.9 Å². The van der Waals surface area contributed by atoms with Crippen LogP contribution < -0.4 is 4.74 Å². The molecule has 142 valence electrons. The summed E-state index contributed by atoms with van der Waals surface area (Å²) in [4.78, 5) is 6.41. The fourth-order valence-electron chi connectivity index (χ4n) is 2.81. The molecule has 0 radical (unpaired) electrons. The number of likely N-dealkylation sites (tertiary alicyclic amines) is 1. The van der Waals surface area contributed by atoms with Gasteiger partial charge >= 0.3 is 0 Å². The molecule has 3 rings (SSSR count). The fraction of sp³-hybridized carbons (Fsp3) is 0.389. The Bertz CT molecular complexity index is 841. The van der Waals surface area contributed by atoms with Crippen LogP contribution in [-0.2, 0) is 10.1 Å². The lowest BCUT2D eigenvalue weighted by Crippen LogP contribution is -2.17. The molecule has 1 N–H and O–H groups in total. The van der Waals surface area contributed by atoms with Gasteiger partial charge in [0.25, 0.3) is 10.1 Å². The molecule has 6 nitrogen and oxygen atoms in total. The van der Waals surface area contributed by atoms with E-state index in [2.05, 4.69) is 16.9 Å². The Balaban J connectivity index is 0.000000197. The van der Waals surface area contributed by atoms with Crippen molar-refractivity contribution in [1.82, 2.24) is 9.88 Å². The van der Waals surface area contributed by atoms with E-state index in [1.807, 2.05) is 19.2 Å². The van der Waals surface area contributed by atoms with Crippen LogP contribution in [0.3, 0.4) is 0 Å². The van der Waals surface area contributed by atoms with Crippen LogP contribution in [0.25, 0.3) is 0 Å². The van der Waals surface area contributed by atoms with Crippen molar-refractivity contribution in [3.63, 3.8) is 0 Å². The second kappa shape index (κ2) is 8.81. The van der Waals surface area contributed by atoms with E-state index in [-0.39, 0.29) is 4.90 Å². The molecule has 0 aliphatic carbocycles. The van der Waals surface area contributed by atoms with Crippen molar-refractivity contribution in [3.8, 4) is 5.75 Å². The maximum absolute atomic E-state index is 10.5. The first-order valence-electron chi connectivity index (χ1n) is 8.16. The van der Waals surface area contributed by atoms with Crippen LogP contribution in [-0.4, -0.2) is 43.6 Å². The number of aryl methyl sites for hydroxylation is 1. The summed E-state index contributed by atoms with van der Waals surface area (Å²) in [5, 5.41) is 0.432. The molecule has 1 aromatic heterocycles. The van der Waals surface area contributed by atoms with Gasteiger partial charge in [0.1, 0.15) is 0 Å². The smallest absolute Gasteiger partial charge is 0.294 e. The van der Waals surface area contributed by atoms with Crippen LogP contribution >= 0.6 is 11.6 Å². The summed E-state index contributed by atoms with van der Waals surface area (Å²) in [5.41, 5.74) is 2.15. The van der Waals surface area contributed by atoms with Gasteiger partial charge in [-0.1, -0.05) is 29.3 Å². The minimum Gasteiger partial charge on any atom is -0.494 e. The molecular weight excluding hydrogens is 376 g/mol. The number of aromatic nitrogens is 1. The van der Waals surface area contributed by atoms with Gasteiger partial charge in [0, 0.05) is 12.2 Å². The highest BCUT2D eigenvalue weighted by Crippen LogP contribution is 2.33. The van der Waals surface area contributed by atoms with Crippen molar-refractivity contribution in [2.45, 2.75) is 30.7 Å². The molecule has 26 heavy (non-hydrogen) atoms. The average molecular weight is 399 g/mol. The number of pyridine rings is 1. The minimum absolute atomic E-state index is 0.0666. The molecule has 0 spiro atoms. The normalized spacial score (nSPS) is 17.5. The van der Waals surface area contributed by atoms with Gasteiger partial charge in [-0.15, -0.1) is 0 Å². The van der Waals surface area contributed by atoms with Gasteiger partial charge in [0.15, 0.2) is 10.9 Å². The minimum atomic E-state index is -4.02. The lowest BCUT2D eigenvalue weighted by Gasteiger charge is -2.19. The van der Waals surface area contributed by atoms with Crippen molar-refractivity contribution in [3.05, 3.63) is 52.8 Å². The Kier molecular flexibility index (Phi) is 7.00. The van der Waals surface area contributed by atoms with Gasteiger partial charge in [0.2, 0.25) is 0 Å². The number of methoxy groups -OCH3 is 1. The van der Waals surface area contributed by atoms with Crippen LogP contribution in [0, 0.1) is 6.92 Å². The number of hydrogen-bond acceptors (Lipinski definition) is 5. The number of rotatable bonds is 3. The molecule has 8 heteroatoms. The summed E-state index contributed by atoms with van der Waals surface area (Å²) >= 11 is 5.89. The predicted octanol–water partition coefficient (Wildman–Crippen LogP) is 3.75. The van der Waals surface area contributed by atoms with E-state index >= 15 is 0 Å². The molecule has 1 atom stereocenters. The topological polar surface area (TPSA) is 79.7 Å². The fourth-order valence-corrected chi connectivity index (χ4v) is 3.47. The molecule has 1 aromatic carbocycles. The van der Waals surface area contributed by atoms with E-state index in [1.54, 1.807) is 19.2 Å². The van der Waals surface area contributed by atoms with Crippen LogP contribution in [0.2, 0.25) is 5.15 Å². The highest BCUT2D eigenvalue weighted by atomic mass is 35.5. The molecule has 0 bridgehead atoms. The van der Waals surface area contributed by atoms with Gasteiger partial charge < -0.3 is 4.74 Å². The molecular formula is C18H23ClN2O4S. The van der Waals surface area contributed by atoms with Crippen LogP contribution in [0.4, 0.5) is 0 Å². The first-order chi connectivity index (χ1) is 12.2. The third-order valence-corrected chi connectivity index (χ3v) is 5.42. The van der Waals surface area contributed by atoms with E-state index in [4.69, 9.17) is 20.9 Å². The summed E-state index contributed by atoms with van der Waals surface area (Å²) in [7, 11) is -0.266. The highest BCUT2D eigenvalue weighted by molar-refractivity contribution is 7.85. The van der Waals surface area contributed by atoms with Crippen molar-refractivity contribution >= 4 is 21.7 Å². The molecule has 1 fully saturated rings. The first kappa shape index (κ1) is 20.6. The SMILES string of the molecule is COc1cc(C2CCCN2C)cnc1Cl.Cc1ccc(S(=O)(=O)O)cc1. The maximum atomic E-state index is 10.5. The number of ether oxygens (including phenoxy) is 1. The summed E-state index contributed by atoms with van der Waals surface area (Å²) in [6.45, 7) is 2.99. The van der Waals surface area contributed by atoms with E-state index in [9.17, 15) is 8.42 Å². The van der Waals surface area contributed by atoms with Crippen molar-refractivity contribution in [2.24, 2.45) is 0 Å². The number of halogens is 1. The zero-order chi connectivity index (χ0) is 19.3. The quantitative estimate of drug-likeness (QED) is 0.626. The summed E-state index contributed by atoms with van der Waals surface area (Å²) in [5.74, 6) is 0.662. The van der Waals surface area contributed by atoms with Crippen molar-refractivity contribution < 1.29 is 17.7 Å². The lowest BCUT2D eigenvalue weighted by molar-refractivity contribution is 0.315. The molecule has 2 heterocycles. The summed E-state index contributed by atoms with van der Waals surface area (Å²) in [6, 6.07) is 8.44. The second-order valence-corrected chi connectivity index (χ2v) is 7.97. The second-order valence-electron chi connectivity index (χ2n) is 6.19. The number of benzene rings is 1. The van der Waals surface area contributed by atoms with Gasteiger partial charge in [-0.05, 0) is 57.1 Å². The average Bonchev–Trinajstić information content (AvgIpc) is 3.01. The Morgan fingerprint density at radius 2 is 1.96 bits per heavy atom. The zero-order valence-electron chi connectivity index (χ0n) is 15.0. The van der Waals surface area contributed by atoms with Crippen LogP contribution in [0.15, 0.2) is 41.4 Å². The van der Waals surface area contributed by atoms with Crippen molar-refractivity contribution in [1.29, 1.82) is 0 Å². The Hall–Kier alpha value is -1.67. The molecule has 1 unspecified atom stereocenters. The largest absolute Gasteiger partial charge is 0.494 e. The van der Waals surface area contributed by atoms with Gasteiger partial charge in [-0.2, -0.15) is 8.42 Å². The summed E-state index contributed by atoms with van der Waals surface area (Å²) < 4.78 is 34.7. The predicted molar refractivity (Wildman–Crippen MR) is 101 cm³/mol. The molecule has 1 aliphatic heterocycles. The zero-order valence-corrected chi connectivity index (χ0v) is 16.6. The Morgan fingerprint density at radius 1 is 1.31 bits per heavy atom. The van der Waals surface area contributed by atoms with Gasteiger partial charge in [-0.3, -0.25) is 9.45 Å². The van der Waals surface area contributed by atoms with E-state index in [0.717, 1.165) is 12.1 Å². The summed E-state index contributed by atoms with van der Waals surface area (Å²) in [6.07, 6.45) is 4.27. The van der Waals surface area contributed by atoms with Gasteiger partial charge in [0.05, 0.1) is 12.0 Å². The molecule has 0 amide bonds. The Morgan fingerprint density at radius 3 is 2.46 bits per heavy atom.